The third-order valence-corrected chi connectivity index (χ3v) is 2.91. The summed E-state index contributed by atoms with van der Waals surface area (Å²) >= 11 is 0. The molecule has 5 nitrogen and oxygen atoms in total. The summed E-state index contributed by atoms with van der Waals surface area (Å²) < 4.78 is 10.1. The Kier molecular flexibility index (Phi) is 7.33. The van der Waals surface area contributed by atoms with Crippen LogP contribution in [0.4, 0.5) is 0 Å². The molecule has 0 spiro atoms. The van der Waals surface area contributed by atoms with E-state index >= 15 is 0 Å². The van der Waals surface area contributed by atoms with Crippen LogP contribution in [-0.2, 0) is 4.74 Å². The molecule has 0 aromatic heterocycles. The first-order valence-corrected chi connectivity index (χ1v) is 6.46. The van der Waals surface area contributed by atoms with Crippen molar-refractivity contribution in [3.05, 3.63) is 29.8 Å². The highest BCUT2D eigenvalue weighted by molar-refractivity contribution is 5.97. The van der Waals surface area contributed by atoms with E-state index in [1.807, 2.05) is 4.90 Å². The van der Waals surface area contributed by atoms with Crippen LogP contribution >= 0.6 is 0 Å². The Balaban J connectivity index is 2.65. The maximum Gasteiger partial charge on any atom is 0.176 e. The van der Waals surface area contributed by atoms with E-state index in [1.165, 1.54) is 0 Å². The van der Waals surface area contributed by atoms with Gasteiger partial charge in [-0.15, -0.1) is 0 Å². The van der Waals surface area contributed by atoms with Crippen LogP contribution in [0.15, 0.2) is 24.3 Å². The van der Waals surface area contributed by atoms with Crippen molar-refractivity contribution < 1.29 is 14.3 Å². The fourth-order valence-corrected chi connectivity index (χ4v) is 1.79. The van der Waals surface area contributed by atoms with Gasteiger partial charge in [-0.25, -0.2) is 0 Å². The molecule has 0 amide bonds. The number of ketones is 1. The molecule has 0 bridgehead atoms. The van der Waals surface area contributed by atoms with Crippen molar-refractivity contribution in [2.45, 2.75) is 6.42 Å². The molecule has 0 atom stereocenters. The molecule has 1 aromatic rings. The molecule has 20 heavy (non-hydrogen) atoms. The van der Waals surface area contributed by atoms with E-state index in [-0.39, 0.29) is 12.3 Å². The van der Waals surface area contributed by atoms with E-state index in [2.05, 4.69) is 6.07 Å². The van der Waals surface area contributed by atoms with Gasteiger partial charge >= 0.3 is 0 Å². The lowest BCUT2D eigenvalue weighted by Gasteiger charge is -2.19. The number of ether oxygens (including phenoxy) is 2. The molecule has 5 heteroatoms. The highest BCUT2D eigenvalue weighted by atomic mass is 16.5. The number of hydrogen-bond donors (Lipinski definition) is 0. The largest absolute Gasteiger partial charge is 0.497 e. The van der Waals surface area contributed by atoms with Gasteiger partial charge in [0.15, 0.2) is 5.78 Å². The molecule has 0 radical (unpaired) electrons. The van der Waals surface area contributed by atoms with E-state index in [9.17, 15) is 4.79 Å². The van der Waals surface area contributed by atoms with E-state index in [1.54, 1.807) is 38.5 Å². The lowest BCUT2D eigenvalue weighted by molar-refractivity contribution is 0.0898. The average Bonchev–Trinajstić information content (AvgIpc) is 2.49. The highest BCUT2D eigenvalue weighted by Gasteiger charge is 2.13. The van der Waals surface area contributed by atoms with Crippen LogP contribution in [0.1, 0.15) is 16.8 Å². The minimum Gasteiger partial charge on any atom is -0.497 e. The molecule has 1 aromatic carbocycles. The summed E-state index contributed by atoms with van der Waals surface area (Å²) in [7, 11) is 3.19. The van der Waals surface area contributed by atoms with Crippen LogP contribution in [-0.4, -0.2) is 51.1 Å². The zero-order valence-corrected chi connectivity index (χ0v) is 12.0. The highest BCUT2D eigenvalue weighted by Crippen LogP contribution is 2.13. The summed E-state index contributed by atoms with van der Waals surface area (Å²) in [6.07, 6.45) is 0.398. The second kappa shape index (κ2) is 9.08. The predicted octanol–water partition coefficient (Wildman–Crippen LogP) is 1.74. The summed E-state index contributed by atoms with van der Waals surface area (Å²) in [5, 5.41) is 8.65. The molecule has 1 rings (SSSR count). The first-order valence-electron chi connectivity index (χ1n) is 6.46. The Hall–Kier alpha value is -1.90. The molecular formula is C15H20N2O3. The van der Waals surface area contributed by atoms with Crippen molar-refractivity contribution in [1.82, 2.24) is 4.90 Å². The molecule has 108 valence electrons. The fraction of sp³-hybridized carbons (Fsp3) is 0.467. The third-order valence-electron chi connectivity index (χ3n) is 2.91. The standard InChI is InChI=1S/C15H20N2O3/c1-19-10-9-17(8-4-7-16)12-15(18)13-5-3-6-14(11-13)20-2/h3,5-6,11H,4,8-10,12H2,1-2H3. The second-order valence-corrected chi connectivity index (χ2v) is 4.33. The van der Waals surface area contributed by atoms with Crippen molar-refractivity contribution in [3.63, 3.8) is 0 Å². The van der Waals surface area contributed by atoms with Crippen molar-refractivity contribution in [1.29, 1.82) is 5.26 Å². The summed E-state index contributed by atoms with van der Waals surface area (Å²) in [6, 6.07) is 9.18. The number of Topliss-reactive ketones (excluding diaryl/α,β-unsaturated/α-hetero) is 1. The maximum atomic E-state index is 12.2. The molecular weight excluding hydrogens is 256 g/mol. The van der Waals surface area contributed by atoms with Crippen LogP contribution in [0.25, 0.3) is 0 Å². The Morgan fingerprint density at radius 1 is 1.35 bits per heavy atom. The predicted molar refractivity (Wildman–Crippen MR) is 75.9 cm³/mol. The first-order chi connectivity index (χ1) is 9.71. The van der Waals surface area contributed by atoms with Crippen LogP contribution in [0, 0.1) is 11.3 Å². The number of hydrogen-bond acceptors (Lipinski definition) is 5. The van der Waals surface area contributed by atoms with Gasteiger partial charge in [-0.05, 0) is 12.1 Å². The summed E-state index contributed by atoms with van der Waals surface area (Å²) in [6.45, 7) is 2.01. The smallest absolute Gasteiger partial charge is 0.176 e. The Morgan fingerprint density at radius 2 is 2.15 bits per heavy atom. The van der Waals surface area contributed by atoms with Gasteiger partial charge in [-0.2, -0.15) is 5.26 Å². The van der Waals surface area contributed by atoms with Gasteiger partial charge in [0.05, 0.1) is 26.3 Å². The zero-order chi connectivity index (χ0) is 14.8. The molecule has 0 heterocycles. The molecule has 0 aliphatic rings. The van der Waals surface area contributed by atoms with Crippen molar-refractivity contribution >= 4 is 5.78 Å². The van der Waals surface area contributed by atoms with Crippen LogP contribution in [0.5, 0.6) is 5.75 Å². The average molecular weight is 276 g/mol. The van der Waals surface area contributed by atoms with Gasteiger partial charge in [-0.3, -0.25) is 9.69 Å². The molecule has 0 aliphatic heterocycles. The van der Waals surface area contributed by atoms with Crippen molar-refractivity contribution in [3.8, 4) is 11.8 Å². The summed E-state index contributed by atoms with van der Waals surface area (Å²) in [5.41, 5.74) is 0.615. The number of rotatable bonds is 9. The monoisotopic (exact) mass is 276 g/mol. The minimum atomic E-state index is 0.0120. The van der Waals surface area contributed by atoms with E-state index in [0.717, 1.165) is 0 Å². The first kappa shape index (κ1) is 16.2. The van der Waals surface area contributed by atoms with E-state index in [4.69, 9.17) is 14.7 Å². The zero-order valence-electron chi connectivity index (χ0n) is 12.0. The van der Waals surface area contributed by atoms with Gasteiger partial charge in [0.25, 0.3) is 0 Å². The Labute approximate surface area is 119 Å². The van der Waals surface area contributed by atoms with E-state index in [0.29, 0.717) is 37.4 Å². The second-order valence-electron chi connectivity index (χ2n) is 4.33. The number of carbonyl (C=O) groups excluding carboxylic acids is 1. The van der Waals surface area contributed by atoms with Crippen molar-refractivity contribution in [2.24, 2.45) is 0 Å². The van der Waals surface area contributed by atoms with Gasteiger partial charge in [0, 0.05) is 32.2 Å². The quantitative estimate of drug-likeness (QED) is 0.643. The molecule has 0 aliphatic carbocycles. The lowest BCUT2D eigenvalue weighted by Crippen LogP contribution is -2.33. The Bertz CT molecular complexity index is 468. The SMILES string of the molecule is COCCN(CCC#N)CC(=O)c1cccc(OC)c1. The molecule has 0 unspecified atom stereocenters. The number of methoxy groups -OCH3 is 2. The van der Waals surface area contributed by atoms with Gasteiger partial charge in [0.1, 0.15) is 5.75 Å². The number of benzene rings is 1. The van der Waals surface area contributed by atoms with Crippen LogP contribution < -0.4 is 4.74 Å². The van der Waals surface area contributed by atoms with Crippen LogP contribution in [0.3, 0.4) is 0 Å². The summed E-state index contributed by atoms with van der Waals surface area (Å²) in [5.74, 6) is 0.675. The molecule has 0 saturated carbocycles. The van der Waals surface area contributed by atoms with Crippen LogP contribution in [0.2, 0.25) is 0 Å². The lowest BCUT2D eigenvalue weighted by atomic mass is 10.1. The van der Waals surface area contributed by atoms with E-state index < -0.39 is 0 Å². The number of carbonyl (C=O) groups is 1. The minimum absolute atomic E-state index is 0.0120. The third kappa shape index (κ3) is 5.39. The molecule has 0 fully saturated rings. The van der Waals surface area contributed by atoms with Gasteiger partial charge in [0.2, 0.25) is 0 Å². The molecule has 0 saturated heterocycles. The molecule has 0 N–H and O–H groups in total. The van der Waals surface area contributed by atoms with Gasteiger partial charge < -0.3 is 9.47 Å². The number of nitrogens with zero attached hydrogens (tertiary/aromatic N) is 2. The van der Waals surface area contributed by atoms with Gasteiger partial charge in [-0.1, -0.05) is 12.1 Å². The Morgan fingerprint density at radius 3 is 2.80 bits per heavy atom. The topological polar surface area (TPSA) is 62.6 Å². The van der Waals surface area contributed by atoms with Crippen molar-refractivity contribution in [2.75, 3.05) is 40.5 Å². The normalized spacial score (nSPS) is 10.3. The fourth-order valence-electron chi connectivity index (χ4n) is 1.79. The maximum absolute atomic E-state index is 12.2. The summed E-state index contributed by atoms with van der Waals surface area (Å²) in [4.78, 5) is 14.2. The number of nitriles is 1.